The first-order chi connectivity index (χ1) is 10.1. The van der Waals surface area contributed by atoms with Crippen LogP contribution in [0.2, 0.25) is 0 Å². The van der Waals surface area contributed by atoms with Crippen molar-refractivity contribution < 1.29 is 28.6 Å². The van der Waals surface area contributed by atoms with Crippen molar-refractivity contribution in [1.82, 2.24) is 4.90 Å². The number of nitrogens with zero attached hydrogens (tertiary/aromatic N) is 1. The minimum Gasteiger partial charge on any atom is -0.454 e. The third-order valence-electron chi connectivity index (χ3n) is 3.06. The number of aliphatic hydroxyl groups excluding tert-OH is 1. The highest BCUT2D eigenvalue weighted by atomic mass is 19.1. The standard InChI is InChI=1S/C13H11FN2O5/c14-7-3-10-11(21-6-20-10)4-8(7)15-9-5-12(18)16(1-2-17)13(9)19/h3-5,15,17H,1-2,6H2. The number of amides is 2. The number of hydrogen-bond acceptors (Lipinski definition) is 6. The summed E-state index contributed by atoms with van der Waals surface area (Å²) in [6.45, 7) is -0.442. The maximum absolute atomic E-state index is 13.9. The molecule has 0 saturated heterocycles. The fourth-order valence-corrected chi connectivity index (χ4v) is 2.07. The van der Waals surface area contributed by atoms with E-state index in [-0.39, 0.29) is 37.1 Å². The number of halogens is 1. The van der Waals surface area contributed by atoms with Crippen LogP contribution in [0, 0.1) is 5.82 Å². The monoisotopic (exact) mass is 294 g/mol. The Morgan fingerprint density at radius 2 is 2.00 bits per heavy atom. The molecule has 21 heavy (non-hydrogen) atoms. The second kappa shape index (κ2) is 5.06. The maximum Gasteiger partial charge on any atom is 0.277 e. The molecule has 7 nitrogen and oxygen atoms in total. The zero-order chi connectivity index (χ0) is 15.0. The molecule has 3 rings (SSSR count). The Kier molecular flexibility index (Phi) is 3.22. The van der Waals surface area contributed by atoms with Crippen molar-refractivity contribution in [1.29, 1.82) is 0 Å². The van der Waals surface area contributed by atoms with E-state index in [4.69, 9.17) is 14.6 Å². The second-order valence-corrected chi connectivity index (χ2v) is 4.39. The van der Waals surface area contributed by atoms with Crippen LogP contribution in [0.25, 0.3) is 0 Å². The summed E-state index contributed by atoms with van der Waals surface area (Å²) in [5.41, 5.74) is -0.0660. The second-order valence-electron chi connectivity index (χ2n) is 4.39. The predicted molar refractivity (Wildman–Crippen MR) is 68.0 cm³/mol. The first-order valence-electron chi connectivity index (χ1n) is 6.14. The summed E-state index contributed by atoms with van der Waals surface area (Å²) >= 11 is 0. The van der Waals surface area contributed by atoms with Crippen molar-refractivity contribution >= 4 is 17.5 Å². The number of imide groups is 1. The van der Waals surface area contributed by atoms with Crippen molar-refractivity contribution in [2.45, 2.75) is 0 Å². The molecule has 8 heteroatoms. The van der Waals surface area contributed by atoms with Gasteiger partial charge in [0, 0.05) is 18.2 Å². The molecule has 2 N–H and O–H groups in total. The first kappa shape index (κ1) is 13.4. The molecule has 2 amide bonds. The number of fused-ring (bicyclic) bond motifs is 1. The summed E-state index contributed by atoms with van der Waals surface area (Å²) in [5, 5.41) is 11.4. The molecular weight excluding hydrogens is 283 g/mol. The van der Waals surface area contributed by atoms with Gasteiger partial charge in [0.1, 0.15) is 5.70 Å². The van der Waals surface area contributed by atoms with Crippen molar-refractivity contribution in [3.05, 3.63) is 29.7 Å². The average Bonchev–Trinajstić information content (AvgIpc) is 2.99. The van der Waals surface area contributed by atoms with Gasteiger partial charge >= 0.3 is 0 Å². The van der Waals surface area contributed by atoms with Crippen LogP contribution in [0.1, 0.15) is 0 Å². The molecule has 2 aliphatic rings. The Labute approximate surface area is 118 Å². The van der Waals surface area contributed by atoms with E-state index in [1.54, 1.807) is 0 Å². The molecule has 2 aliphatic heterocycles. The lowest BCUT2D eigenvalue weighted by atomic mass is 10.2. The third-order valence-corrected chi connectivity index (χ3v) is 3.06. The van der Waals surface area contributed by atoms with Gasteiger partial charge in [-0.15, -0.1) is 0 Å². The maximum atomic E-state index is 13.9. The smallest absolute Gasteiger partial charge is 0.277 e. The van der Waals surface area contributed by atoms with Gasteiger partial charge < -0.3 is 19.9 Å². The van der Waals surface area contributed by atoms with Gasteiger partial charge in [0.2, 0.25) is 6.79 Å². The zero-order valence-corrected chi connectivity index (χ0v) is 10.8. The third kappa shape index (κ3) is 2.29. The number of carbonyl (C=O) groups is 2. The molecule has 0 radical (unpaired) electrons. The highest BCUT2D eigenvalue weighted by Crippen LogP contribution is 2.36. The molecule has 0 aromatic heterocycles. The normalized spacial score (nSPS) is 16.5. The minimum absolute atomic E-state index is 0.00232. The number of benzene rings is 1. The summed E-state index contributed by atoms with van der Waals surface area (Å²) in [6.07, 6.45) is 1.06. The summed E-state index contributed by atoms with van der Waals surface area (Å²) in [7, 11) is 0. The Morgan fingerprint density at radius 3 is 2.71 bits per heavy atom. The lowest BCUT2D eigenvalue weighted by molar-refractivity contribution is -0.137. The van der Waals surface area contributed by atoms with Crippen LogP contribution >= 0.6 is 0 Å². The topological polar surface area (TPSA) is 88.1 Å². The first-order valence-corrected chi connectivity index (χ1v) is 6.14. The lowest BCUT2D eigenvalue weighted by Gasteiger charge is -2.13. The van der Waals surface area contributed by atoms with E-state index >= 15 is 0 Å². The van der Waals surface area contributed by atoms with Crippen LogP contribution in [-0.2, 0) is 9.59 Å². The Morgan fingerprint density at radius 1 is 1.29 bits per heavy atom. The van der Waals surface area contributed by atoms with Gasteiger partial charge in [-0.25, -0.2) is 4.39 Å². The van der Waals surface area contributed by atoms with Crippen LogP contribution in [0.4, 0.5) is 10.1 Å². The molecule has 0 bridgehead atoms. The number of ether oxygens (including phenoxy) is 2. The lowest BCUT2D eigenvalue weighted by Crippen LogP contribution is -2.34. The van der Waals surface area contributed by atoms with Gasteiger partial charge in [-0.1, -0.05) is 0 Å². The summed E-state index contributed by atoms with van der Waals surface area (Å²) in [5.74, 6) is -1.18. The van der Waals surface area contributed by atoms with E-state index in [0.29, 0.717) is 5.75 Å². The van der Waals surface area contributed by atoms with Crippen molar-refractivity contribution in [3.8, 4) is 11.5 Å². The van der Waals surface area contributed by atoms with Crippen LogP contribution in [-0.4, -0.2) is 41.8 Å². The number of anilines is 1. The molecular formula is C13H11FN2O5. The van der Waals surface area contributed by atoms with Crippen LogP contribution in [0.15, 0.2) is 23.9 Å². The van der Waals surface area contributed by atoms with E-state index in [0.717, 1.165) is 17.0 Å². The van der Waals surface area contributed by atoms with E-state index in [1.165, 1.54) is 6.07 Å². The van der Waals surface area contributed by atoms with Crippen LogP contribution in [0.5, 0.6) is 11.5 Å². The molecule has 1 aromatic rings. The number of hydrogen-bond donors (Lipinski definition) is 2. The molecule has 0 fully saturated rings. The van der Waals surface area contributed by atoms with Gasteiger partial charge in [-0.05, 0) is 0 Å². The number of β-amino-alcohol motifs (C(OH)–C–C–N with tert-alkyl or cyclic N) is 1. The molecule has 0 aliphatic carbocycles. The fraction of sp³-hybridized carbons (Fsp3) is 0.231. The summed E-state index contributed by atoms with van der Waals surface area (Å²) in [6, 6.07) is 2.49. The molecule has 1 aromatic carbocycles. The SMILES string of the molecule is O=C1C=C(Nc2cc3c(cc2F)OCO3)C(=O)N1CCO. The largest absolute Gasteiger partial charge is 0.454 e. The van der Waals surface area contributed by atoms with Gasteiger partial charge in [0.25, 0.3) is 11.8 Å². The van der Waals surface area contributed by atoms with Gasteiger partial charge in [0.05, 0.1) is 18.8 Å². The number of nitrogens with one attached hydrogen (secondary N) is 1. The van der Waals surface area contributed by atoms with E-state index in [1.807, 2.05) is 0 Å². The molecule has 0 spiro atoms. The minimum atomic E-state index is -0.638. The van der Waals surface area contributed by atoms with Crippen molar-refractivity contribution in [2.75, 3.05) is 25.3 Å². The van der Waals surface area contributed by atoms with Crippen molar-refractivity contribution in [3.63, 3.8) is 0 Å². The highest BCUT2D eigenvalue weighted by molar-refractivity contribution is 6.17. The Bertz CT molecular complexity index is 658. The molecule has 2 heterocycles. The zero-order valence-electron chi connectivity index (χ0n) is 10.8. The number of carbonyl (C=O) groups excluding carboxylic acids is 2. The van der Waals surface area contributed by atoms with Gasteiger partial charge in [0.15, 0.2) is 17.3 Å². The molecule has 110 valence electrons. The summed E-state index contributed by atoms with van der Waals surface area (Å²) < 4.78 is 24.0. The Balaban J connectivity index is 1.83. The van der Waals surface area contributed by atoms with Crippen LogP contribution < -0.4 is 14.8 Å². The van der Waals surface area contributed by atoms with E-state index < -0.39 is 17.6 Å². The predicted octanol–water partition coefficient (Wildman–Crippen LogP) is 0.211. The Hall–Kier alpha value is -2.61. The van der Waals surface area contributed by atoms with Gasteiger partial charge in [-0.2, -0.15) is 0 Å². The summed E-state index contributed by atoms with van der Waals surface area (Å²) in [4.78, 5) is 24.4. The quantitative estimate of drug-likeness (QED) is 0.772. The average molecular weight is 294 g/mol. The van der Waals surface area contributed by atoms with Crippen LogP contribution in [0.3, 0.4) is 0 Å². The molecule has 0 atom stereocenters. The van der Waals surface area contributed by atoms with Crippen molar-refractivity contribution in [2.24, 2.45) is 0 Å². The molecule has 0 unspecified atom stereocenters. The number of aliphatic hydroxyl groups is 1. The van der Waals surface area contributed by atoms with E-state index in [2.05, 4.69) is 5.32 Å². The highest BCUT2D eigenvalue weighted by Gasteiger charge is 2.31. The molecule has 0 saturated carbocycles. The van der Waals surface area contributed by atoms with E-state index in [9.17, 15) is 14.0 Å². The number of rotatable bonds is 4. The van der Waals surface area contributed by atoms with Gasteiger partial charge in [-0.3, -0.25) is 14.5 Å². The fourth-order valence-electron chi connectivity index (χ4n) is 2.07.